The van der Waals surface area contributed by atoms with Gasteiger partial charge < -0.3 is 0 Å². The molecule has 1 aromatic carbocycles. The summed E-state index contributed by atoms with van der Waals surface area (Å²) in [5, 5.41) is 0. The average molecular weight is 295 g/mol. The van der Waals surface area contributed by atoms with Gasteiger partial charge in [-0.3, -0.25) is 4.79 Å². The van der Waals surface area contributed by atoms with Gasteiger partial charge in [0, 0.05) is 19.8 Å². The summed E-state index contributed by atoms with van der Waals surface area (Å²) in [4.78, 5) is 13.6. The van der Waals surface area contributed by atoms with Gasteiger partial charge in [0.1, 0.15) is 0 Å². The third-order valence-electron chi connectivity index (χ3n) is 2.43. The van der Waals surface area contributed by atoms with Crippen molar-refractivity contribution in [3.63, 3.8) is 0 Å². The zero-order valence-corrected chi connectivity index (χ0v) is 11.5. The van der Waals surface area contributed by atoms with Gasteiger partial charge in [0.05, 0.1) is 0 Å². The third-order valence-corrected chi connectivity index (χ3v) is 4.05. The summed E-state index contributed by atoms with van der Waals surface area (Å²) >= 11 is 5.08. The lowest BCUT2D eigenvalue weighted by molar-refractivity contribution is 0.101. The Hall–Kier alpha value is -0.930. The summed E-state index contributed by atoms with van der Waals surface area (Å²) < 4.78 is 1.07. The second kappa shape index (κ2) is 4.52. The van der Waals surface area contributed by atoms with Crippen molar-refractivity contribution in [1.29, 1.82) is 0 Å². The molecule has 82 valence electrons. The number of hydrogen-bond acceptors (Lipinski definition) is 2. The fourth-order valence-electron chi connectivity index (χ4n) is 1.59. The Bertz CT molecular complexity index is 525. The van der Waals surface area contributed by atoms with Crippen LogP contribution >= 0.6 is 27.3 Å². The predicted molar refractivity (Wildman–Crippen MR) is 72.2 cm³/mol. The first-order chi connectivity index (χ1) is 7.58. The quantitative estimate of drug-likeness (QED) is 0.735. The van der Waals surface area contributed by atoms with E-state index in [1.54, 1.807) is 18.3 Å². The minimum atomic E-state index is 0.136. The van der Waals surface area contributed by atoms with Gasteiger partial charge in [-0.2, -0.15) is 0 Å². The van der Waals surface area contributed by atoms with E-state index >= 15 is 0 Å². The van der Waals surface area contributed by atoms with Crippen LogP contribution in [0.4, 0.5) is 0 Å². The first kappa shape index (κ1) is 11.6. The van der Waals surface area contributed by atoms with E-state index in [0.717, 1.165) is 25.4 Å². The maximum atomic E-state index is 11.4. The molecule has 16 heavy (non-hydrogen) atoms. The maximum absolute atomic E-state index is 11.4. The van der Waals surface area contributed by atoms with E-state index in [4.69, 9.17) is 0 Å². The zero-order chi connectivity index (χ0) is 11.7. The average Bonchev–Trinajstić information content (AvgIpc) is 2.61. The number of halogens is 1. The lowest BCUT2D eigenvalue weighted by Gasteiger charge is -1.96. The Morgan fingerprint density at radius 3 is 2.38 bits per heavy atom. The Labute approximate surface area is 107 Å². The van der Waals surface area contributed by atoms with E-state index in [9.17, 15) is 4.79 Å². The molecular weight excluding hydrogens is 284 g/mol. The molecule has 1 aromatic heterocycles. The molecule has 0 aliphatic rings. The van der Waals surface area contributed by atoms with Crippen molar-refractivity contribution in [3.8, 4) is 10.4 Å². The van der Waals surface area contributed by atoms with Crippen molar-refractivity contribution in [1.82, 2.24) is 0 Å². The molecule has 0 unspecified atom stereocenters. The smallest absolute Gasteiger partial charge is 0.160 e. The number of Topliss-reactive ketones (excluding diaryl/α,β-unsaturated/α-hetero) is 1. The first-order valence-electron chi connectivity index (χ1n) is 4.95. The van der Waals surface area contributed by atoms with Crippen molar-refractivity contribution < 1.29 is 4.79 Å². The second-order valence-electron chi connectivity index (χ2n) is 3.64. The molecule has 0 aliphatic heterocycles. The molecule has 0 bridgehead atoms. The van der Waals surface area contributed by atoms with E-state index in [1.165, 1.54) is 0 Å². The number of rotatable bonds is 2. The number of thiophene rings is 1. The molecule has 0 amide bonds. The summed E-state index contributed by atoms with van der Waals surface area (Å²) in [5.41, 5.74) is 1.99. The van der Waals surface area contributed by atoms with Gasteiger partial charge in [0.25, 0.3) is 0 Å². The molecule has 0 spiro atoms. The van der Waals surface area contributed by atoms with E-state index in [2.05, 4.69) is 28.1 Å². The predicted octanol–water partition coefficient (Wildman–Crippen LogP) is 4.69. The minimum Gasteiger partial charge on any atom is -0.294 e. The highest BCUT2D eigenvalue weighted by Gasteiger charge is 2.10. The lowest BCUT2D eigenvalue weighted by Crippen LogP contribution is -1.89. The van der Waals surface area contributed by atoms with Gasteiger partial charge in [-0.15, -0.1) is 11.3 Å². The van der Waals surface area contributed by atoms with E-state index in [0.29, 0.717) is 0 Å². The Morgan fingerprint density at radius 2 is 1.88 bits per heavy atom. The summed E-state index contributed by atoms with van der Waals surface area (Å²) in [5.74, 6) is 0.136. The zero-order valence-electron chi connectivity index (χ0n) is 9.08. The minimum absolute atomic E-state index is 0.136. The SMILES string of the molecule is CC(=O)c1cc(-c2ccc(Br)cc2)sc1C. The van der Waals surface area contributed by atoms with Crippen LogP contribution in [0, 0.1) is 6.92 Å². The number of ketones is 1. The van der Waals surface area contributed by atoms with Gasteiger partial charge in [0.15, 0.2) is 5.78 Å². The molecule has 1 nitrogen and oxygen atoms in total. The number of carbonyl (C=O) groups is 1. The highest BCUT2D eigenvalue weighted by molar-refractivity contribution is 9.10. The van der Waals surface area contributed by atoms with Crippen LogP contribution in [0.15, 0.2) is 34.8 Å². The summed E-state index contributed by atoms with van der Waals surface area (Å²) in [6, 6.07) is 10.1. The van der Waals surface area contributed by atoms with Gasteiger partial charge >= 0.3 is 0 Å². The van der Waals surface area contributed by atoms with Crippen molar-refractivity contribution in [2.75, 3.05) is 0 Å². The molecule has 3 heteroatoms. The van der Waals surface area contributed by atoms with E-state index in [1.807, 2.05) is 25.1 Å². The molecular formula is C13H11BrOS. The summed E-state index contributed by atoms with van der Waals surface area (Å²) in [6.07, 6.45) is 0. The Kier molecular flexibility index (Phi) is 3.26. The fourth-order valence-corrected chi connectivity index (χ4v) is 2.93. The molecule has 0 fully saturated rings. The molecule has 2 rings (SSSR count). The van der Waals surface area contributed by atoms with Crippen molar-refractivity contribution in [3.05, 3.63) is 45.2 Å². The van der Waals surface area contributed by atoms with Crippen molar-refractivity contribution >= 4 is 33.0 Å². The van der Waals surface area contributed by atoms with Crippen LogP contribution in [0.5, 0.6) is 0 Å². The molecule has 2 aromatic rings. The summed E-state index contributed by atoms with van der Waals surface area (Å²) in [7, 11) is 0. The van der Waals surface area contributed by atoms with Crippen molar-refractivity contribution in [2.24, 2.45) is 0 Å². The van der Waals surface area contributed by atoms with Crippen LogP contribution in [-0.2, 0) is 0 Å². The molecule has 0 saturated carbocycles. The van der Waals surface area contributed by atoms with Crippen LogP contribution in [0.25, 0.3) is 10.4 Å². The topological polar surface area (TPSA) is 17.1 Å². The molecule has 1 heterocycles. The Balaban J connectivity index is 2.45. The third kappa shape index (κ3) is 2.25. The number of aryl methyl sites for hydroxylation is 1. The number of carbonyl (C=O) groups excluding carboxylic acids is 1. The number of hydrogen-bond donors (Lipinski definition) is 0. The van der Waals surface area contributed by atoms with Crippen LogP contribution in [0.2, 0.25) is 0 Å². The normalized spacial score (nSPS) is 10.4. The van der Waals surface area contributed by atoms with Crippen LogP contribution in [-0.4, -0.2) is 5.78 Å². The van der Waals surface area contributed by atoms with E-state index in [-0.39, 0.29) is 5.78 Å². The maximum Gasteiger partial charge on any atom is 0.160 e. The van der Waals surface area contributed by atoms with Crippen LogP contribution < -0.4 is 0 Å². The fraction of sp³-hybridized carbons (Fsp3) is 0.154. The van der Waals surface area contributed by atoms with Gasteiger partial charge in [-0.05, 0) is 37.6 Å². The van der Waals surface area contributed by atoms with E-state index < -0.39 is 0 Å². The molecule has 0 aliphatic carbocycles. The second-order valence-corrected chi connectivity index (χ2v) is 5.82. The molecule has 0 atom stereocenters. The van der Waals surface area contributed by atoms with Gasteiger partial charge in [-0.25, -0.2) is 0 Å². The summed E-state index contributed by atoms with van der Waals surface area (Å²) in [6.45, 7) is 3.60. The monoisotopic (exact) mass is 294 g/mol. The standard InChI is InChI=1S/C13H11BrOS/c1-8(15)12-7-13(16-9(12)2)10-3-5-11(14)6-4-10/h3-7H,1-2H3. The number of benzene rings is 1. The molecule has 0 N–H and O–H groups in total. The lowest BCUT2D eigenvalue weighted by atomic mass is 10.1. The van der Waals surface area contributed by atoms with Crippen LogP contribution in [0.1, 0.15) is 22.2 Å². The Morgan fingerprint density at radius 1 is 1.25 bits per heavy atom. The largest absolute Gasteiger partial charge is 0.294 e. The van der Waals surface area contributed by atoms with Crippen molar-refractivity contribution in [2.45, 2.75) is 13.8 Å². The van der Waals surface area contributed by atoms with Crippen LogP contribution in [0.3, 0.4) is 0 Å². The molecule has 0 saturated heterocycles. The van der Waals surface area contributed by atoms with Gasteiger partial charge in [0.2, 0.25) is 0 Å². The first-order valence-corrected chi connectivity index (χ1v) is 6.56. The van der Waals surface area contributed by atoms with Gasteiger partial charge in [-0.1, -0.05) is 28.1 Å². The highest BCUT2D eigenvalue weighted by atomic mass is 79.9. The highest BCUT2D eigenvalue weighted by Crippen LogP contribution is 2.31. The molecule has 0 radical (unpaired) electrons.